The van der Waals surface area contributed by atoms with E-state index in [4.69, 9.17) is 0 Å². The number of anilines is 1. The molecule has 1 aliphatic carbocycles. The maximum Gasteiger partial charge on any atom is 0.224 e. The van der Waals surface area contributed by atoms with Gasteiger partial charge in [0.1, 0.15) is 4.45 Å². The number of para-hydroxylation sites is 1. The van der Waals surface area contributed by atoms with Crippen molar-refractivity contribution in [3.8, 4) is 0 Å². The highest BCUT2D eigenvalue weighted by molar-refractivity contribution is 9.10. The molecular formula is C19H23BrN2O. The Morgan fingerprint density at radius 3 is 2.96 bits per heavy atom. The van der Waals surface area contributed by atoms with Gasteiger partial charge in [0.2, 0.25) is 5.91 Å². The van der Waals surface area contributed by atoms with Gasteiger partial charge >= 0.3 is 0 Å². The number of hydrogen-bond acceptors (Lipinski definition) is 2. The van der Waals surface area contributed by atoms with E-state index in [1.165, 1.54) is 24.1 Å². The zero-order valence-electron chi connectivity index (χ0n) is 13.6. The molecule has 3 heterocycles. The summed E-state index contributed by atoms with van der Waals surface area (Å²) in [5, 5.41) is 3.92. The first-order valence-corrected chi connectivity index (χ1v) is 9.74. The fraction of sp³-hybridized carbons (Fsp3) is 0.632. The summed E-state index contributed by atoms with van der Waals surface area (Å²) in [5.41, 5.74) is 2.75. The molecule has 4 atom stereocenters. The summed E-state index contributed by atoms with van der Waals surface area (Å²) in [7, 11) is 0. The van der Waals surface area contributed by atoms with Gasteiger partial charge in [-0.3, -0.25) is 4.79 Å². The number of halogens is 1. The lowest BCUT2D eigenvalue weighted by atomic mass is 9.64. The molecule has 23 heavy (non-hydrogen) atoms. The van der Waals surface area contributed by atoms with Crippen molar-refractivity contribution < 1.29 is 4.79 Å². The number of piperidine rings is 2. The second-order valence-corrected chi connectivity index (χ2v) is 8.99. The number of carbonyl (C=O) groups is 1. The predicted molar refractivity (Wildman–Crippen MR) is 94.7 cm³/mol. The molecule has 4 heteroatoms. The minimum Gasteiger partial charge on any atom is -0.375 e. The Kier molecular flexibility index (Phi) is 2.69. The van der Waals surface area contributed by atoms with Crippen LogP contribution in [0.2, 0.25) is 0 Å². The predicted octanol–water partition coefficient (Wildman–Crippen LogP) is 4.24. The molecule has 0 unspecified atom stereocenters. The van der Waals surface area contributed by atoms with Gasteiger partial charge in [-0.1, -0.05) is 41.1 Å². The fourth-order valence-electron chi connectivity index (χ4n) is 6.30. The topological polar surface area (TPSA) is 32.3 Å². The van der Waals surface area contributed by atoms with Crippen LogP contribution < -0.4 is 5.32 Å². The van der Waals surface area contributed by atoms with Gasteiger partial charge in [0.25, 0.3) is 0 Å². The number of nitrogens with one attached hydrogen (secondary N) is 1. The maximum atomic E-state index is 13.0. The van der Waals surface area contributed by atoms with E-state index >= 15 is 0 Å². The Hall–Kier alpha value is -1.03. The van der Waals surface area contributed by atoms with Gasteiger partial charge in [-0.2, -0.15) is 0 Å². The standard InChI is InChI=1S/C19H23BrN2O/c1-2-17-8-5-11-22-16(23)12-14-13-6-3-4-7-15(13)21-18(14,10-9-17)19(17,22)20/h3-4,6-7,14,21H,2,5,8-12H2,1H3/t14-,17-,18+,19-/m1/s1. The second kappa shape index (κ2) is 4.33. The van der Waals surface area contributed by atoms with Crippen LogP contribution in [0.15, 0.2) is 24.3 Å². The third-order valence-corrected chi connectivity index (χ3v) is 9.32. The van der Waals surface area contributed by atoms with Gasteiger partial charge < -0.3 is 10.2 Å². The summed E-state index contributed by atoms with van der Waals surface area (Å²) in [6, 6.07) is 8.61. The van der Waals surface area contributed by atoms with E-state index < -0.39 is 0 Å². The van der Waals surface area contributed by atoms with Crippen molar-refractivity contribution in [2.24, 2.45) is 5.41 Å². The van der Waals surface area contributed by atoms with E-state index in [1.807, 2.05) is 0 Å². The van der Waals surface area contributed by atoms with Crippen LogP contribution in [0.1, 0.15) is 56.9 Å². The summed E-state index contributed by atoms with van der Waals surface area (Å²) in [6.07, 6.45) is 6.50. The van der Waals surface area contributed by atoms with Gasteiger partial charge in [-0.05, 0) is 43.7 Å². The maximum absolute atomic E-state index is 13.0. The molecule has 5 rings (SSSR count). The van der Waals surface area contributed by atoms with Crippen molar-refractivity contribution in [1.82, 2.24) is 4.90 Å². The third kappa shape index (κ3) is 1.38. The Morgan fingerprint density at radius 1 is 1.30 bits per heavy atom. The molecular weight excluding hydrogens is 352 g/mol. The Morgan fingerprint density at radius 2 is 2.13 bits per heavy atom. The summed E-state index contributed by atoms with van der Waals surface area (Å²) in [5.74, 6) is 0.633. The van der Waals surface area contributed by atoms with Crippen LogP contribution >= 0.6 is 15.9 Å². The van der Waals surface area contributed by atoms with E-state index in [1.54, 1.807) is 0 Å². The highest BCUT2D eigenvalue weighted by atomic mass is 79.9. The summed E-state index contributed by atoms with van der Waals surface area (Å²) in [6.45, 7) is 3.21. The van der Waals surface area contributed by atoms with Crippen LogP contribution in [0.5, 0.6) is 0 Å². The molecule has 0 bridgehead atoms. The SMILES string of the molecule is CC[C@@]12CCCN3C(=O)C[C@@H]4c5ccccc5N[C@]4(CC1)[C@]32Br. The largest absolute Gasteiger partial charge is 0.375 e. The summed E-state index contributed by atoms with van der Waals surface area (Å²) in [4.78, 5) is 15.2. The van der Waals surface area contributed by atoms with Crippen molar-refractivity contribution in [1.29, 1.82) is 0 Å². The minimum atomic E-state index is -0.237. The highest BCUT2D eigenvalue weighted by Crippen LogP contribution is 2.72. The number of nitrogens with zero attached hydrogens (tertiary/aromatic N) is 1. The van der Waals surface area contributed by atoms with Gasteiger partial charge in [-0.15, -0.1) is 0 Å². The fourth-order valence-corrected chi connectivity index (χ4v) is 7.93. The van der Waals surface area contributed by atoms with Gasteiger partial charge in [0.15, 0.2) is 0 Å². The normalized spacial score (nSPS) is 43.7. The van der Waals surface area contributed by atoms with E-state index in [-0.39, 0.29) is 15.4 Å². The van der Waals surface area contributed by atoms with Crippen molar-refractivity contribution in [3.05, 3.63) is 29.8 Å². The zero-order chi connectivity index (χ0) is 15.9. The molecule has 1 spiro atoms. The lowest BCUT2D eigenvalue weighted by Gasteiger charge is -2.62. The monoisotopic (exact) mass is 374 g/mol. The minimum absolute atomic E-state index is 0.0406. The van der Waals surface area contributed by atoms with Gasteiger partial charge in [0, 0.05) is 30.0 Å². The molecule has 0 radical (unpaired) electrons. The summed E-state index contributed by atoms with van der Waals surface area (Å²) >= 11 is 4.22. The zero-order valence-corrected chi connectivity index (χ0v) is 15.2. The Bertz CT molecular complexity index is 706. The molecule has 4 aliphatic rings. The van der Waals surface area contributed by atoms with Crippen LogP contribution in [-0.2, 0) is 4.79 Å². The van der Waals surface area contributed by atoms with Crippen LogP contribution in [0.3, 0.4) is 0 Å². The number of hydrogen-bond donors (Lipinski definition) is 1. The lowest BCUT2D eigenvalue weighted by molar-refractivity contribution is -0.149. The van der Waals surface area contributed by atoms with Crippen molar-refractivity contribution in [2.45, 2.75) is 61.4 Å². The number of benzene rings is 1. The number of fused-ring (bicyclic) bond motifs is 2. The van der Waals surface area contributed by atoms with Crippen molar-refractivity contribution in [2.75, 3.05) is 11.9 Å². The highest BCUT2D eigenvalue weighted by Gasteiger charge is 2.76. The number of amides is 1. The van der Waals surface area contributed by atoms with E-state index in [9.17, 15) is 4.79 Å². The smallest absolute Gasteiger partial charge is 0.224 e. The van der Waals surface area contributed by atoms with E-state index in [0.29, 0.717) is 18.2 Å². The molecule has 1 amide bonds. The molecule has 3 nitrogen and oxygen atoms in total. The van der Waals surface area contributed by atoms with Crippen molar-refractivity contribution in [3.63, 3.8) is 0 Å². The summed E-state index contributed by atoms with van der Waals surface area (Å²) < 4.78 is -0.237. The van der Waals surface area contributed by atoms with E-state index in [0.717, 1.165) is 25.8 Å². The van der Waals surface area contributed by atoms with Crippen LogP contribution in [-0.4, -0.2) is 27.3 Å². The van der Waals surface area contributed by atoms with Crippen LogP contribution in [0.25, 0.3) is 0 Å². The number of rotatable bonds is 1. The average molecular weight is 375 g/mol. The number of alkyl halides is 1. The quantitative estimate of drug-likeness (QED) is 0.588. The first kappa shape index (κ1) is 14.3. The Labute approximate surface area is 145 Å². The molecule has 3 aliphatic heterocycles. The lowest BCUT2D eigenvalue weighted by Crippen LogP contribution is -2.73. The molecule has 0 aromatic heterocycles. The third-order valence-electron chi connectivity index (χ3n) is 7.35. The molecule has 2 saturated heterocycles. The van der Waals surface area contributed by atoms with Gasteiger partial charge in [0.05, 0.1) is 5.54 Å². The molecule has 1 N–H and O–H groups in total. The van der Waals surface area contributed by atoms with Crippen molar-refractivity contribution >= 4 is 27.5 Å². The number of carbonyl (C=O) groups excluding carboxylic acids is 1. The molecule has 122 valence electrons. The van der Waals surface area contributed by atoms with Gasteiger partial charge in [-0.25, -0.2) is 0 Å². The van der Waals surface area contributed by atoms with E-state index in [2.05, 4.69) is 57.3 Å². The average Bonchev–Trinajstić information content (AvgIpc) is 3.02. The first-order chi connectivity index (χ1) is 11.1. The molecule has 1 aromatic carbocycles. The first-order valence-electron chi connectivity index (χ1n) is 8.94. The van der Waals surface area contributed by atoms with Crippen LogP contribution in [0.4, 0.5) is 5.69 Å². The Balaban J connectivity index is 1.75. The second-order valence-electron chi connectivity index (χ2n) is 7.85. The molecule has 1 saturated carbocycles. The molecule has 3 fully saturated rings. The molecule has 1 aromatic rings. The van der Waals surface area contributed by atoms with Crippen LogP contribution in [0, 0.1) is 5.41 Å².